The number of aryl methyl sites for hydroxylation is 1. The Kier molecular flexibility index (Phi) is 7.92. The van der Waals surface area contributed by atoms with Crippen molar-refractivity contribution < 1.29 is 24.3 Å². The lowest BCUT2D eigenvalue weighted by Crippen LogP contribution is -3.05. The number of likely N-dealkylation sites (tertiary alicyclic amines) is 1. The largest absolute Gasteiger partial charge is 0.872 e. The van der Waals surface area contributed by atoms with Crippen molar-refractivity contribution >= 4 is 17.4 Å². The van der Waals surface area contributed by atoms with Gasteiger partial charge in [-0.25, -0.2) is 0 Å². The van der Waals surface area contributed by atoms with Crippen LogP contribution in [0.3, 0.4) is 0 Å². The highest BCUT2D eigenvalue weighted by Crippen LogP contribution is 2.39. The van der Waals surface area contributed by atoms with E-state index >= 15 is 0 Å². The molecule has 1 aliphatic rings. The monoisotopic (exact) mass is 450 g/mol. The third-order valence-electron chi connectivity index (χ3n) is 5.73. The molecule has 6 heteroatoms. The van der Waals surface area contributed by atoms with E-state index in [0.717, 1.165) is 24.1 Å². The fourth-order valence-electron chi connectivity index (χ4n) is 4.05. The molecule has 1 saturated heterocycles. The van der Waals surface area contributed by atoms with Crippen LogP contribution in [0, 0.1) is 12.8 Å². The fraction of sp³-hybridized carbons (Fsp3) is 0.407. The number of amides is 1. The maximum Gasteiger partial charge on any atom is 0.295 e. The topological polar surface area (TPSA) is 74.1 Å². The molecular formula is C27H34N2O4. The van der Waals surface area contributed by atoms with E-state index in [2.05, 4.69) is 13.8 Å². The summed E-state index contributed by atoms with van der Waals surface area (Å²) in [5, 5.41) is 13.6. The molecular weight excluding hydrogens is 416 g/mol. The molecule has 1 atom stereocenters. The first-order valence-corrected chi connectivity index (χ1v) is 11.5. The molecule has 0 bridgehead atoms. The second-order valence-electron chi connectivity index (χ2n) is 9.38. The van der Waals surface area contributed by atoms with E-state index in [1.165, 1.54) is 4.90 Å². The highest BCUT2D eigenvalue weighted by molar-refractivity contribution is 6.46. The lowest BCUT2D eigenvalue weighted by Gasteiger charge is -2.28. The minimum absolute atomic E-state index is 0.0265. The Morgan fingerprint density at radius 1 is 1.12 bits per heavy atom. The number of carbonyl (C=O) groups is 2. The highest BCUT2D eigenvalue weighted by atomic mass is 16.5. The van der Waals surface area contributed by atoms with Gasteiger partial charge in [0, 0.05) is 18.5 Å². The molecule has 1 unspecified atom stereocenters. The molecule has 6 nitrogen and oxygen atoms in total. The molecule has 1 N–H and O–H groups in total. The first-order valence-electron chi connectivity index (χ1n) is 11.5. The Balaban J connectivity index is 2.01. The third-order valence-corrected chi connectivity index (χ3v) is 5.73. The van der Waals surface area contributed by atoms with Crippen LogP contribution in [-0.2, 0) is 9.59 Å². The van der Waals surface area contributed by atoms with E-state index in [4.69, 9.17) is 4.74 Å². The van der Waals surface area contributed by atoms with Gasteiger partial charge in [-0.1, -0.05) is 56.0 Å². The van der Waals surface area contributed by atoms with Crippen molar-refractivity contribution in [3.8, 4) is 5.75 Å². The Hall–Kier alpha value is -3.12. The van der Waals surface area contributed by atoms with E-state index in [0.29, 0.717) is 30.4 Å². The van der Waals surface area contributed by atoms with E-state index in [9.17, 15) is 14.7 Å². The van der Waals surface area contributed by atoms with Crippen LogP contribution in [0.4, 0.5) is 0 Å². The molecule has 1 aliphatic heterocycles. The minimum Gasteiger partial charge on any atom is -0.872 e. The van der Waals surface area contributed by atoms with Gasteiger partial charge in [-0.2, -0.15) is 0 Å². The number of ether oxygens (including phenoxy) is 1. The van der Waals surface area contributed by atoms with Gasteiger partial charge < -0.3 is 19.6 Å². The number of quaternary nitrogens is 1. The van der Waals surface area contributed by atoms with Crippen molar-refractivity contribution in [3.63, 3.8) is 0 Å². The van der Waals surface area contributed by atoms with Crippen molar-refractivity contribution in [2.45, 2.75) is 33.2 Å². The number of ketones is 1. The van der Waals surface area contributed by atoms with Crippen LogP contribution < -0.4 is 14.7 Å². The van der Waals surface area contributed by atoms with Gasteiger partial charge in [-0.15, -0.1) is 0 Å². The second-order valence-corrected chi connectivity index (χ2v) is 9.38. The second kappa shape index (κ2) is 10.7. The zero-order valence-corrected chi connectivity index (χ0v) is 20.2. The zero-order valence-electron chi connectivity index (χ0n) is 20.2. The summed E-state index contributed by atoms with van der Waals surface area (Å²) in [6.45, 7) is 7.89. The van der Waals surface area contributed by atoms with E-state index in [-0.39, 0.29) is 5.57 Å². The Bertz CT molecular complexity index is 1030. The van der Waals surface area contributed by atoms with Crippen molar-refractivity contribution in [3.05, 3.63) is 70.8 Å². The molecule has 176 valence electrons. The number of Topliss-reactive ketones (excluding diaryl/α,β-unsaturated/α-hetero) is 1. The van der Waals surface area contributed by atoms with Crippen molar-refractivity contribution in [1.82, 2.24) is 4.90 Å². The van der Waals surface area contributed by atoms with Gasteiger partial charge in [0.05, 0.1) is 33.3 Å². The average molecular weight is 451 g/mol. The summed E-state index contributed by atoms with van der Waals surface area (Å²) >= 11 is 0. The van der Waals surface area contributed by atoms with Gasteiger partial charge in [-0.05, 0) is 41.7 Å². The fourth-order valence-corrected chi connectivity index (χ4v) is 4.05. The van der Waals surface area contributed by atoms with Crippen LogP contribution in [0.2, 0.25) is 0 Å². The maximum atomic E-state index is 13.6. The predicted octanol–water partition coefficient (Wildman–Crippen LogP) is 1.79. The summed E-state index contributed by atoms with van der Waals surface area (Å²) in [6.07, 6.45) is 0.743. The van der Waals surface area contributed by atoms with Crippen molar-refractivity contribution in [2.75, 3.05) is 33.8 Å². The normalized spacial score (nSPS) is 17.9. The van der Waals surface area contributed by atoms with Crippen LogP contribution in [0.5, 0.6) is 5.75 Å². The summed E-state index contributed by atoms with van der Waals surface area (Å²) in [4.78, 5) is 28.8. The maximum absolute atomic E-state index is 13.6. The highest BCUT2D eigenvalue weighted by Gasteiger charge is 2.43. The van der Waals surface area contributed by atoms with E-state index in [1.54, 1.807) is 23.1 Å². The number of hydrogen-bond acceptors (Lipinski definition) is 4. The summed E-state index contributed by atoms with van der Waals surface area (Å²) in [5.74, 6) is -0.610. The first kappa shape index (κ1) is 24.5. The molecule has 1 fully saturated rings. The molecule has 0 aliphatic carbocycles. The Labute approximate surface area is 196 Å². The Morgan fingerprint density at radius 3 is 2.42 bits per heavy atom. The summed E-state index contributed by atoms with van der Waals surface area (Å²) < 4.78 is 5.82. The van der Waals surface area contributed by atoms with Crippen LogP contribution >= 0.6 is 0 Å². The number of hydrogen-bond donors (Lipinski definition) is 1. The number of rotatable bonds is 9. The smallest absolute Gasteiger partial charge is 0.295 e. The molecule has 0 saturated carbocycles. The molecule has 2 aromatic rings. The summed E-state index contributed by atoms with van der Waals surface area (Å²) in [7, 11) is 4.09. The van der Waals surface area contributed by atoms with E-state index < -0.39 is 23.5 Å². The molecule has 1 amide bonds. The van der Waals surface area contributed by atoms with Gasteiger partial charge in [0.25, 0.3) is 5.91 Å². The van der Waals surface area contributed by atoms with Gasteiger partial charge in [-0.3, -0.25) is 9.59 Å². The molecule has 3 rings (SSSR count). The van der Waals surface area contributed by atoms with Gasteiger partial charge >= 0.3 is 0 Å². The van der Waals surface area contributed by atoms with Crippen LogP contribution in [-0.4, -0.2) is 50.4 Å². The molecule has 1 heterocycles. The molecule has 0 spiro atoms. The SMILES string of the molecule is Cc1cc(C([O-])=C2C(=O)C(=O)N(CCC[NH+](C)C)C2c2ccccc2)ccc1OCC(C)C. The first-order chi connectivity index (χ1) is 15.7. The number of nitrogens with one attached hydrogen (secondary N) is 1. The predicted molar refractivity (Wildman–Crippen MR) is 127 cm³/mol. The zero-order chi connectivity index (χ0) is 24.1. The summed E-state index contributed by atoms with van der Waals surface area (Å²) in [6, 6.07) is 13.8. The van der Waals surface area contributed by atoms with Gasteiger partial charge in [0.15, 0.2) is 0 Å². The molecule has 2 aromatic carbocycles. The lowest BCUT2D eigenvalue weighted by molar-refractivity contribution is -0.858. The third kappa shape index (κ3) is 5.63. The standard InChI is InChI=1S/C27H34N2O4/c1-18(2)17-33-22-13-12-21(16-19(22)3)25(30)23-24(20-10-7-6-8-11-20)29(27(32)26(23)31)15-9-14-28(4)5/h6-8,10-13,16,18,24,30H,9,14-15,17H2,1-5H3. The van der Waals surface area contributed by atoms with Gasteiger partial charge in [0.2, 0.25) is 5.78 Å². The lowest BCUT2D eigenvalue weighted by atomic mass is 9.95. The summed E-state index contributed by atoms with van der Waals surface area (Å²) in [5.41, 5.74) is 2.01. The van der Waals surface area contributed by atoms with Crippen LogP contribution in [0.1, 0.15) is 43.0 Å². The molecule has 33 heavy (non-hydrogen) atoms. The van der Waals surface area contributed by atoms with Crippen molar-refractivity contribution in [2.24, 2.45) is 5.92 Å². The number of carbonyl (C=O) groups excluding carboxylic acids is 2. The quantitative estimate of drug-likeness (QED) is 0.359. The number of benzene rings is 2. The average Bonchev–Trinajstić information content (AvgIpc) is 3.03. The minimum atomic E-state index is -0.705. The van der Waals surface area contributed by atoms with Crippen LogP contribution in [0.15, 0.2) is 54.1 Å². The Morgan fingerprint density at radius 2 is 1.82 bits per heavy atom. The van der Waals surface area contributed by atoms with E-state index in [1.807, 2.05) is 51.4 Å². The molecule has 0 aromatic heterocycles. The van der Waals surface area contributed by atoms with Crippen LogP contribution in [0.25, 0.3) is 5.76 Å². The molecule has 0 radical (unpaired) electrons. The van der Waals surface area contributed by atoms with Gasteiger partial charge in [0.1, 0.15) is 5.75 Å². The van der Waals surface area contributed by atoms with Crippen molar-refractivity contribution in [1.29, 1.82) is 0 Å². The number of nitrogens with zero attached hydrogens (tertiary/aromatic N) is 1.